The van der Waals surface area contributed by atoms with Crippen molar-refractivity contribution in [2.75, 3.05) is 0 Å². The van der Waals surface area contributed by atoms with Crippen LogP contribution in [0.5, 0.6) is 0 Å². The summed E-state index contributed by atoms with van der Waals surface area (Å²) in [6.07, 6.45) is 7.89. The van der Waals surface area contributed by atoms with Crippen LogP contribution >= 0.6 is 12.2 Å². The Bertz CT molecular complexity index is 59.6. The van der Waals surface area contributed by atoms with Crippen LogP contribution in [0.2, 0.25) is 0 Å². The number of rotatable bonds is 6. The van der Waals surface area contributed by atoms with E-state index in [9.17, 15) is 0 Å². The van der Waals surface area contributed by atoms with Crippen LogP contribution in [0.15, 0.2) is 0 Å². The normalized spacial score (nSPS) is 9.44. The molecular formula is C8H16S. The molecule has 0 N–H and O–H groups in total. The third-order valence-corrected chi connectivity index (χ3v) is 1.66. The van der Waals surface area contributed by atoms with Crippen molar-refractivity contribution < 1.29 is 0 Å². The second-order valence-electron chi connectivity index (χ2n) is 2.37. The van der Waals surface area contributed by atoms with Crippen LogP contribution < -0.4 is 0 Å². The van der Waals surface area contributed by atoms with E-state index < -0.39 is 0 Å². The summed E-state index contributed by atoms with van der Waals surface area (Å²) in [5, 5.41) is 1.84. The highest BCUT2D eigenvalue weighted by atomic mass is 32.1. The number of thiocarbonyl (C=S) groups is 1. The molecule has 0 aromatic carbocycles. The molecular weight excluding hydrogens is 128 g/mol. The molecule has 0 nitrogen and oxygen atoms in total. The molecule has 9 heavy (non-hydrogen) atoms. The molecule has 0 aromatic rings. The Labute approximate surface area is 63.7 Å². The van der Waals surface area contributed by atoms with Gasteiger partial charge in [0.2, 0.25) is 0 Å². The van der Waals surface area contributed by atoms with E-state index >= 15 is 0 Å². The number of unbranched alkanes of at least 4 members (excludes halogenated alkanes) is 5. The van der Waals surface area contributed by atoms with E-state index in [-0.39, 0.29) is 0 Å². The molecule has 0 aromatic heterocycles. The summed E-state index contributed by atoms with van der Waals surface area (Å²) in [4.78, 5) is 0. The molecule has 0 atom stereocenters. The second kappa shape index (κ2) is 8.09. The van der Waals surface area contributed by atoms with E-state index in [0.717, 1.165) is 6.42 Å². The van der Waals surface area contributed by atoms with Gasteiger partial charge in [0.15, 0.2) is 0 Å². The maximum Gasteiger partial charge on any atom is -0.0210 e. The van der Waals surface area contributed by atoms with Crippen molar-refractivity contribution in [1.82, 2.24) is 0 Å². The minimum absolute atomic E-state index is 1.12. The lowest BCUT2D eigenvalue weighted by Gasteiger charge is -1.94. The summed E-state index contributed by atoms with van der Waals surface area (Å²) in [5.41, 5.74) is 0. The minimum atomic E-state index is 1.12. The van der Waals surface area contributed by atoms with Crippen LogP contribution in [0.25, 0.3) is 0 Å². The zero-order valence-corrected chi connectivity index (χ0v) is 7.04. The SMILES string of the molecule is CCCCCCCC=S. The lowest BCUT2D eigenvalue weighted by atomic mass is 10.1. The summed E-state index contributed by atoms with van der Waals surface area (Å²) in [7, 11) is 0. The van der Waals surface area contributed by atoms with Gasteiger partial charge in [-0.1, -0.05) is 44.8 Å². The van der Waals surface area contributed by atoms with Crippen molar-refractivity contribution in [3.63, 3.8) is 0 Å². The lowest BCUT2D eigenvalue weighted by molar-refractivity contribution is 0.646. The molecule has 0 fully saturated rings. The topological polar surface area (TPSA) is 0 Å². The van der Waals surface area contributed by atoms with Crippen LogP contribution in [0.3, 0.4) is 0 Å². The van der Waals surface area contributed by atoms with Crippen molar-refractivity contribution in [3.05, 3.63) is 0 Å². The molecule has 1 heteroatoms. The quantitative estimate of drug-likeness (QED) is 0.407. The molecule has 0 aliphatic carbocycles. The third-order valence-electron chi connectivity index (χ3n) is 1.43. The predicted octanol–water partition coefficient (Wildman–Crippen LogP) is 3.35. The average Bonchev–Trinajstić information content (AvgIpc) is 1.89. The summed E-state index contributed by atoms with van der Waals surface area (Å²) in [6, 6.07) is 0. The van der Waals surface area contributed by atoms with Crippen LogP contribution in [0.4, 0.5) is 0 Å². The first kappa shape index (κ1) is 9.09. The van der Waals surface area contributed by atoms with Crippen LogP contribution in [-0.4, -0.2) is 5.37 Å². The Kier molecular flexibility index (Phi) is 8.17. The maximum atomic E-state index is 4.70. The van der Waals surface area contributed by atoms with Gasteiger partial charge < -0.3 is 0 Å². The summed E-state index contributed by atoms with van der Waals surface area (Å²) in [5.74, 6) is 0. The van der Waals surface area contributed by atoms with E-state index in [2.05, 4.69) is 6.92 Å². The molecule has 0 aliphatic heterocycles. The van der Waals surface area contributed by atoms with E-state index in [1.807, 2.05) is 5.37 Å². The number of hydrogen-bond donors (Lipinski definition) is 0. The van der Waals surface area contributed by atoms with Crippen LogP contribution in [0.1, 0.15) is 45.4 Å². The maximum absolute atomic E-state index is 4.70. The lowest BCUT2D eigenvalue weighted by Crippen LogP contribution is -1.77. The molecule has 0 saturated heterocycles. The molecule has 0 saturated carbocycles. The van der Waals surface area contributed by atoms with Crippen molar-refractivity contribution in [3.8, 4) is 0 Å². The first-order valence-electron chi connectivity index (χ1n) is 3.85. The Hall–Kier alpha value is 0.0900. The van der Waals surface area contributed by atoms with Crippen molar-refractivity contribution >= 4 is 17.6 Å². The van der Waals surface area contributed by atoms with Gasteiger partial charge in [-0.2, -0.15) is 0 Å². The smallest absolute Gasteiger partial charge is 0.0210 e. The fourth-order valence-corrected chi connectivity index (χ4v) is 0.998. The molecule has 0 aliphatic rings. The van der Waals surface area contributed by atoms with E-state index in [1.54, 1.807) is 0 Å². The molecule has 0 rings (SSSR count). The zero-order chi connectivity index (χ0) is 6.95. The summed E-state index contributed by atoms with van der Waals surface area (Å²) in [6.45, 7) is 2.24. The second-order valence-corrected chi connectivity index (χ2v) is 2.70. The highest BCUT2D eigenvalue weighted by molar-refractivity contribution is 7.78. The fraction of sp³-hybridized carbons (Fsp3) is 0.875. The Balaban J connectivity index is 2.66. The van der Waals surface area contributed by atoms with Gasteiger partial charge in [0.05, 0.1) is 0 Å². The molecule has 0 unspecified atom stereocenters. The fourth-order valence-electron chi connectivity index (χ4n) is 0.831. The Morgan fingerprint density at radius 3 is 2.33 bits per heavy atom. The van der Waals surface area contributed by atoms with Gasteiger partial charge in [-0.25, -0.2) is 0 Å². The molecule has 0 bridgehead atoms. The predicted molar refractivity (Wildman–Crippen MR) is 47.0 cm³/mol. The van der Waals surface area contributed by atoms with E-state index in [1.165, 1.54) is 32.1 Å². The first-order chi connectivity index (χ1) is 4.41. The summed E-state index contributed by atoms with van der Waals surface area (Å²) < 4.78 is 0. The van der Waals surface area contributed by atoms with Crippen molar-refractivity contribution in [2.45, 2.75) is 45.4 Å². The van der Waals surface area contributed by atoms with Crippen LogP contribution in [-0.2, 0) is 0 Å². The average molecular weight is 144 g/mol. The van der Waals surface area contributed by atoms with Gasteiger partial charge in [-0.05, 0) is 18.2 Å². The molecule has 0 spiro atoms. The highest BCUT2D eigenvalue weighted by Gasteiger charge is 1.84. The van der Waals surface area contributed by atoms with E-state index in [4.69, 9.17) is 12.2 Å². The van der Waals surface area contributed by atoms with Crippen molar-refractivity contribution in [2.24, 2.45) is 0 Å². The standard InChI is InChI=1S/C8H16S/c1-2-3-4-5-6-7-8-9/h8H,2-7H2,1H3. The monoisotopic (exact) mass is 144 g/mol. The summed E-state index contributed by atoms with van der Waals surface area (Å²) >= 11 is 4.70. The van der Waals surface area contributed by atoms with Crippen LogP contribution in [0, 0.1) is 0 Å². The molecule has 0 radical (unpaired) electrons. The molecule has 0 heterocycles. The Morgan fingerprint density at radius 1 is 1.11 bits per heavy atom. The van der Waals surface area contributed by atoms with Crippen molar-refractivity contribution in [1.29, 1.82) is 0 Å². The van der Waals surface area contributed by atoms with Gasteiger partial charge in [0.1, 0.15) is 0 Å². The number of hydrogen-bond acceptors (Lipinski definition) is 1. The molecule has 54 valence electrons. The Morgan fingerprint density at radius 2 is 1.78 bits per heavy atom. The van der Waals surface area contributed by atoms with Gasteiger partial charge in [-0.15, -0.1) is 0 Å². The first-order valence-corrected chi connectivity index (χ1v) is 4.32. The van der Waals surface area contributed by atoms with Gasteiger partial charge in [-0.3, -0.25) is 0 Å². The molecule has 0 amide bonds. The minimum Gasteiger partial charge on any atom is -0.0935 e. The van der Waals surface area contributed by atoms with Gasteiger partial charge in [0.25, 0.3) is 0 Å². The third kappa shape index (κ3) is 8.09. The highest BCUT2D eigenvalue weighted by Crippen LogP contribution is 2.03. The zero-order valence-electron chi connectivity index (χ0n) is 6.23. The van der Waals surface area contributed by atoms with E-state index in [0.29, 0.717) is 0 Å². The van der Waals surface area contributed by atoms with Gasteiger partial charge >= 0.3 is 0 Å². The largest absolute Gasteiger partial charge is 0.0935 e. The van der Waals surface area contributed by atoms with Gasteiger partial charge in [0, 0.05) is 0 Å².